The zero-order valence-corrected chi connectivity index (χ0v) is 11.0. The number of hydrogen-bond acceptors (Lipinski definition) is 2. The molecule has 0 aromatic heterocycles. The fraction of sp³-hybridized carbons (Fsp3) is 0.375. The van der Waals surface area contributed by atoms with E-state index in [1.54, 1.807) is 0 Å². The Bertz CT molecular complexity index is 509. The van der Waals surface area contributed by atoms with Crippen molar-refractivity contribution >= 4 is 11.6 Å². The molecular weight excluding hydrogens is 224 g/mol. The molecule has 0 unspecified atom stereocenters. The molecule has 0 saturated heterocycles. The van der Waals surface area contributed by atoms with Crippen LogP contribution in [0.5, 0.6) is 0 Å². The fourth-order valence-electron chi connectivity index (χ4n) is 2.35. The fourth-order valence-corrected chi connectivity index (χ4v) is 2.35. The van der Waals surface area contributed by atoms with Gasteiger partial charge in [-0.3, -0.25) is 9.59 Å². The van der Waals surface area contributed by atoms with Crippen molar-refractivity contribution in [2.75, 3.05) is 0 Å². The van der Waals surface area contributed by atoms with Crippen LogP contribution >= 0.6 is 0 Å². The summed E-state index contributed by atoms with van der Waals surface area (Å²) in [5, 5.41) is 0. The van der Waals surface area contributed by atoms with Gasteiger partial charge in [0.2, 0.25) is 0 Å². The van der Waals surface area contributed by atoms with E-state index < -0.39 is 0 Å². The summed E-state index contributed by atoms with van der Waals surface area (Å²) >= 11 is 0. The predicted octanol–water partition coefficient (Wildman–Crippen LogP) is 3.46. The summed E-state index contributed by atoms with van der Waals surface area (Å²) in [6.07, 6.45) is 10.4. The first-order chi connectivity index (χ1) is 8.58. The number of hydrogen-bond donors (Lipinski definition) is 0. The largest absolute Gasteiger partial charge is 0.290 e. The summed E-state index contributed by atoms with van der Waals surface area (Å²) in [4.78, 5) is 23.4. The lowest BCUT2D eigenvalue weighted by Crippen LogP contribution is -2.17. The molecule has 0 aliphatic heterocycles. The van der Waals surface area contributed by atoms with Gasteiger partial charge in [-0.15, -0.1) is 0 Å². The van der Waals surface area contributed by atoms with Crippen molar-refractivity contribution < 1.29 is 9.59 Å². The molecule has 0 radical (unpaired) electrons. The second kappa shape index (κ2) is 5.30. The molecule has 0 spiro atoms. The van der Waals surface area contributed by atoms with Crippen LogP contribution in [0.1, 0.15) is 39.5 Å². The molecule has 2 nitrogen and oxygen atoms in total. The minimum absolute atomic E-state index is 0.00389. The van der Waals surface area contributed by atoms with E-state index in [-0.39, 0.29) is 11.6 Å². The average molecular weight is 242 g/mol. The number of carbonyl (C=O) groups is 2. The standard InChI is InChI=1S/C16H18O2/c1-11(2)4-3-5-12-6-7-13-14(10-12)16(18)9-8-15(13)17/h4,6,8-9H,3,5,7,10H2,1-2H3. The van der Waals surface area contributed by atoms with Crippen LogP contribution in [0.25, 0.3) is 0 Å². The van der Waals surface area contributed by atoms with Gasteiger partial charge in [0.05, 0.1) is 0 Å². The van der Waals surface area contributed by atoms with E-state index in [0.29, 0.717) is 18.4 Å². The van der Waals surface area contributed by atoms with Crippen molar-refractivity contribution in [3.8, 4) is 0 Å². The maximum absolute atomic E-state index is 11.8. The summed E-state index contributed by atoms with van der Waals surface area (Å²) in [7, 11) is 0. The predicted molar refractivity (Wildman–Crippen MR) is 72.2 cm³/mol. The molecular formula is C16H18O2. The van der Waals surface area contributed by atoms with E-state index >= 15 is 0 Å². The quantitative estimate of drug-likeness (QED) is 0.561. The molecule has 2 aliphatic carbocycles. The highest BCUT2D eigenvalue weighted by molar-refractivity contribution is 6.20. The third-order valence-corrected chi connectivity index (χ3v) is 3.36. The molecule has 0 aromatic rings. The second-order valence-corrected chi connectivity index (χ2v) is 5.08. The first-order valence-electron chi connectivity index (χ1n) is 6.38. The first-order valence-corrected chi connectivity index (χ1v) is 6.38. The molecule has 0 saturated carbocycles. The normalized spacial score (nSPS) is 18.7. The van der Waals surface area contributed by atoms with E-state index in [1.807, 2.05) is 0 Å². The van der Waals surface area contributed by atoms with Crippen LogP contribution in [0, 0.1) is 0 Å². The van der Waals surface area contributed by atoms with Crippen LogP contribution in [-0.4, -0.2) is 11.6 Å². The Morgan fingerprint density at radius 1 is 1.17 bits per heavy atom. The molecule has 94 valence electrons. The van der Waals surface area contributed by atoms with E-state index in [2.05, 4.69) is 26.0 Å². The van der Waals surface area contributed by atoms with E-state index in [9.17, 15) is 9.59 Å². The van der Waals surface area contributed by atoms with Gasteiger partial charge in [0.15, 0.2) is 11.6 Å². The average Bonchev–Trinajstić information content (AvgIpc) is 2.34. The Balaban J connectivity index is 2.03. The van der Waals surface area contributed by atoms with Gasteiger partial charge in [-0.2, -0.15) is 0 Å². The Hall–Kier alpha value is -1.70. The number of carbonyl (C=O) groups excluding carboxylic acids is 2. The monoisotopic (exact) mass is 242 g/mol. The highest BCUT2D eigenvalue weighted by Crippen LogP contribution is 2.31. The van der Waals surface area contributed by atoms with Crippen LogP contribution in [0.4, 0.5) is 0 Å². The molecule has 2 heteroatoms. The van der Waals surface area contributed by atoms with Gasteiger partial charge in [-0.1, -0.05) is 23.3 Å². The van der Waals surface area contributed by atoms with Crippen LogP contribution in [0.15, 0.2) is 46.6 Å². The second-order valence-electron chi connectivity index (χ2n) is 5.08. The van der Waals surface area contributed by atoms with E-state index in [1.165, 1.54) is 23.3 Å². The summed E-state index contributed by atoms with van der Waals surface area (Å²) in [6, 6.07) is 0. The van der Waals surface area contributed by atoms with Crippen molar-refractivity contribution in [1.82, 2.24) is 0 Å². The zero-order chi connectivity index (χ0) is 13.1. The summed E-state index contributed by atoms with van der Waals surface area (Å²) in [5.74, 6) is 0.0154. The molecule has 0 N–H and O–H groups in total. The molecule has 0 fully saturated rings. The van der Waals surface area contributed by atoms with Crippen molar-refractivity contribution in [2.45, 2.75) is 39.5 Å². The van der Waals surface area contributed by atoms with Crippen molar-refractivity contribution in [3.05, 3.63) is 46.6 Å². The Kier molecular flexibility index (Phi) is 3.75. The van der Waals surface area contributed by atoms with Crippen LogP contribution in [0.3, 0.4) is 0 Å². The highest BCUT2D eigenvalue weighted by atomic mass is 16.1. The van der Waals surface area contributed by atoms with Gasteiger partial charge in [0, 0.05) is 11.1 Å². The third-order valence-electron chi connectivity index (χ3n) is 3.36. The molecule has 0 aromatic carbocycles. The lowest BCUT2D eigenvalue weighted by atomic mass is 9.83. The first kappa shape index (κ1) is 12.7. The molecule has 0 heterocycles. The van der Waals surface area contributed by atoms with Crippen LogP contribution in [0.2, 0.25) is 0 Å². The Morgan fingerprint density at radius 3 is 2.50 bits per heavy atom. The molecule has 0 amide bonds. The molecule has 2 rings (SSSR count). The number of ketones is 2. The number of rotatable bonds is 3. The zero-order valence-electron chi connectivity index (χ0n) is 11.0. The molecule has 2 aliphatic rings. The van der Waals surface area contributed by atoms with Gasteiger partial charge >= 0.3 is 0 Å². The van der Waals surface area contributed by atoms with E-state index in [4.69, 9.17) is 0 Å². The van der Waals surface area contributed by atoms with Crippen LogP contribution < -0.4 is 0 Å². The summed E-state index contributed by atoms with van der Waals surface area (Å²) in [6.45, 7) is 4.17. The summed E-state index contributed by atoms with van der Waals surface area (Å²) < 4.78 is 0. The van der Waals surface area contributed by atoms with E-state index in [0.717, 1.165) is 18.4 Å². The third kappa shape index (κ3) is 2.76. The Morgan fingerprint density at radius 2 is 1.83 bits per heavy atom. The van der Waals surface area contributed by atoms with Crippen LogP contribution in [-0.2, 0) is 9.59 Å². The SMILES string of the molecule is CC(C)=CCCC1=CCC2=C(C1)C(=O)C=CC2=O. The van der Waals surface area contributed by atoms with Crippen molar-refractivity contribution in [2.24, 2.45) is 0 Å². The molecule has 18 heavy (non-hydrogen) atoms. The maximum Gasteiger partial charge on any atom is 0.182 e. The minimum Gasteiger partial charge on any atom is -0.290 e. The summed E-state index contributed by atoms with van der Waals surface area (Å²) in [5.41, 5.74) is 4.02. The van der Waals surface area contributed by atoms with Gasteiger partial charge in [0.1, 0.15) is 0 Å². The minimum atomic E-state index is 0.00389. The van der Waals surface area contributed by atoms with Crippen molar-refractivity contribution in [1.29, 1.82) is 0 Å². The maximum atomic E-state index is 11.8. The molecule has 0 bridgehead atoms. The lowest BCUT2D eigenvalue weighted by molar-refractivity contribution is -0.115. The van der Waals surface area contributed by atoms with Gasteiger partial charge < -0.3 is 0 Å². The highest BCUT2D eigenvalue weighted by Gasteiger charge is 2.25. The van der Waals surface area contributed by atoms with Gasteiger partial charge in [0.25, 0.3) is 0 Å². The Labute approximate surface area is 108 Å². The van der Waals surface area contributed by atoms with Gasteiger partial charge in [-0.25, -0.2) is 0 Å². The smallest absolute Gasteiger partial charge is 0.182 e. The number of allylic oxidation sites excluding steroid dienone is 8. The van der Waals surface area contributed by atoms with Crippen molar-refractivity contribution in [3.63, 3.8) is 0 Å². The molecule has 0 atom stereocenters. The topological polar surface area (TPSA) is 34.1 Å². The lowest BCUT2D eigenvalue weighted by Gasteiger charge is -2.20. The van der Waals surface area contributed by atoms with Gasteiger partial charge in [-0.05, 0) is 51.7 Å².